The third-order valence-electron chi connectivity index (χ3n) is 1.11. The van der Waals surface area contributed by atoms with Crippen LogP contribution in [0.3, 0.4) is 0 Å². The first-order valence-electron chi connectivity index (χ1n) is 2.83. The molecule has 1 atom stereocenters. The lowest BCUT2D eigenvalue weighted by molar-refractivity contribution is 0.515. The molecule has 8 heavy (non-hydrogen) atoms. The molecule has 0 aromatic carbocycles. The molecule has 0 aliphatic carbocycles. The molecule has 0 rings (SSSR count). The fourth-order valence-electron chi connectivity index (χ4n) is 0.499. The molecule has 1 heteroatoms. The molecule has 1 unspecified atom stereocenters. The number of carbonyl (C=O) groups excluding carboxylic acids is 1. The first-order valence-corrected chi connectivity index (χ1v) is 2.83. The minimum Gasteiger partial charge on any atom is -0.291 e. The Labute approximate surface area is 50.4 Å². The third kappa shape index (κ3) is 2.56. The van der Waals surface area contributed by atoms with Gasteiger partial charge in [0.15, 0.2) is 0 Å². The summed E-state index contributed by atoms with van der Waals surface area (Å²) in [7, 11) is 0. The highest BCUT2D eigenvalue weighted by atomic mass is 16.1. The molecule has 1 nitrogen and oxygen atoms in total. The van der Waals surface area contributed by atoms with Gasteiger partial charge < -0.3 is 0 Å². The molecular weight excluding hydrogens is 100 g/mol. The van der Waals surface area contributed by atoms with E-state index in [9.17, 15) is 4.79 Å². The van der Waals surface area contributed by atoms with Crippen LogP contribution in [0.5, 0.6) is 0 Å². The van der Waals surface area contributed by atoms with Crippen molar-refractivity contribution in [1.29, 1.82) is 0 Å². The molecule has 0 aliphatic heterocycles. The van der Waals surface area contributed by atoms with Crippen LogP contribution in [0.1, 0.15) is 19.8 Å². The van der Waals surface area contributed by atoms with Crippen molar-refractivity contribution in [2.45, 2.75) is 19.8 Å². The Morgan fingerprint density at radius 2 is 2.50 bits per heavy atom. The monoisotopic (exact) mass is 111 g/mol. The second-order valence-corrected chi connectivity index (χ2v) is 1.75. The summed E-state index contributed by atoms with van der Waals surface area (Å²) in [5.74, 6) is 0.0764. The molecule has 0 spiro atoms. The van der Waals surface area contributed by atoms with Crippen LogP contribution in [0.2, 0.25) is 0 Å². The van der Waals surface area contributed by atoms with Gasteiger partial charge in [-0.1, -0.05) is 13.0 Å². The van der Waals surface area contributed by atoms with E-state index in [0.29, 0.717) is 0 Å². The Balaban J connectivity index is 3.35. The molecule has 0 N–H and O–H groups in total. The fourth-order valence-corrected chi connectivity index (χ4v) is 0.499. The summed E-state index contributed by atoms with van der Waals surface area (Å²) in [5, 5.41) is 0. The lowest BCUT2D eigenvalue weighted by atomic mass is 10.1. The van der Waals surface area contributed by atoms with Gasteiger partial charge in [-0.2, -0.15) is 0 Å². The lowest BCUT2D eigenvalue weighted by Crippen LogP contribution is -1.96. The van der Waals surface area contributed by atoms with Gasteiger partial charge in [0.05, 0.1) is 0 Å². The van der Waals surface area contributed by atoms with Crippen LogP contribution in [0, 0.1) is 5.92 Å². The molecule has 0 amide bonds. The average molecular weight is 111 g/mol. The van der Waals surface area contributed by atoms with Gasteiger partial charge in [0.25, 0.3) is 0 Å². The maximum absolute atomic E-state index is 9.95. The van der Waals surface area contributed by atoms with Crippen LogP contribution in [-0.2, 0) is 4.79 Å². The van der Waals surface area contributed by atoms with E-state index in [1.165, 1.54) is 0 Å². The average Bonchev–Trinajstić information content (AvgIpc) is 1.83. The highest BCUT2D eigenvalue weighted by Crippen LogP contribution is 2.03. The van der Waals surface area contributed by atoms with Gasteiger partial charge in [0, 0.05) is 5.92 Å². The van der Waals surface area contributed by atoms with E-state index < -0.39 is 0 Å². The Morgan fingerprint density at radius 1 is 1.88 bits per heavy atom. The van der Waals surface area contributed by atoms with E-state index in [0.717, 1.165) is 12.8 Å². The molecular formula is C7H11O. The maximum atomic E-state index is 9.95. The largest absolute Gasteiger partial charge is 0.291 e. The van der Waals surface area contributed by atoms with Crippen LogP contribution >= 0.6 is 0 Å². The van der Waals surface area contributed by atoms with E-state index in [1.807, 2.05) is 13.2 Å². The van der Waals surface area contributed by atoms with Crippen molar-refractivity contribution >= 4 is 6.29 Å². The van der Waals surface area contributed by atoms with Crippen molar-refractivity contribution in [1.82, 2.24) is 0 Å². The normalized spacial score (nSPS) is 12.6. The fraction of sp³-hybridized carbons (Fsp3) is 0.571. The molecule has 0 heterocycles. The minimum absolute atomic E-state index is 0.0764. The van der Waals surface area contributed by atoms with Crippen LogP contribution in [-0.4, -0.2) is 6.29 Å². The van der Waals surface area contributed by atoms with Crippen molar-refractivity contribution in [2.75, 3.05) is 0 Å². The van der Waals surface area contributed by atoms with Crippen molar-refractivity contribution in [3.8, 4) is 0 Å². The van der Waals surface area contributed by atoms with Crippen LogP contribution < -0.4 is 0 Å². The highest BCUT2D eigenvalue weighted by Gasteiger charge is 1.99. The second-order valence-electron chi connectivity index (χ2n) is 1.75. The van der Waals surface area contributed by atoms with Gasteiger partial charge in [-0.3, -0.25) is 4.79 Å². The Hall–Kier alpha value is -0.590. The number of rotatable bonds is 4. The second kappa shape index (κ2) is 4.57. The number of hydrogen-bond donors (Lipinski definition) is 0. The molecule has 0 saturated carbocycles. The number of allylic oxidation sites excluding steroid dienone is 1. The first kappa shape index (κ1) is 7.41. The Bertz CT molecular complexity index is 76.5. The molecule has 0 saturated heterocycles. The van der Waals surface area contributed by atoms with Gasteiger partial charge in [0.2, 0.25) is 6.29 Å². The van der Waals surface area contributed by atoms with E-state index in [2.05, 4.69) is 6.58 Å². The smallest absolute Gasteiger partial charge is 0.202 e. The summed E-state index contributed by atoms with van der Waals surface area (Å²) < 4.78 is 0. The summed E-state index contributed by atoms with van der Waals surface area (Å²) >= 11 is 0. The molecule has 1 radical (unpaired) electrons. The van der Waals surface area contributed by atoms with E-state index >= 15 is 0 Å². The van der Waals surface area contributed by atoms with E-state index in [-0.39, 0.29) is 5.92 Å². The number of hydrogen-bond acceptors (Lipinski definition) is 1. The molecule has 0 aromatic heterocycles. The van der Waals surface area contributed by atoms with Gasteiger partial charge in [-0.05, 0) is 12.8 Å². The summed E-state index contributed by atoms with van der Waals surface area (Å²) in [6, 6.07) is 0. The first-order chi connectivity index (χ1) is 3.85. The summed E-state index contributed by atoms with van der Waals surface area (Å²) in [6.45, 7) is 5.49. The SMILES string of the molecule is C=CCC([C]=O)CC. The van der Waals surface area contributed by atoms with Crippen molar-refractivity contribution in [3.63, 3.8) is 0 Å². The van der Waals surface area contributed by atoms with Crippen molar-refractivity contribution in [2.24, 2.45) is 5.92 Å². The topological polar surface area (TPSA) is 17.1 Å². The maximum Gasteiger partial charge on any atom is 0.202 e. The summed E-state index contributed by atoms with van der Waals surface area (Å²) in [5.41, 5.74) is 0. The van der Waals surface area contributed by atoms with Crippen molar-refractivity contribution < 1.29 is 4.79 Å². The van der Waals surface area contributed by atoms with E-state index in [1.54, 1.807) is 6.08 Å². The summed E-state index contributed by atoms with van der Waals surface area (Å²) in [4.78, 5) is 9.95. The highest BCUT2D eigenvalue weighted by molar-refractivity contribution is 5.54. The Kier molecular flexibility index (Phi) is 4.23. The zero-order valence-corrected chi connectivity index (χ0v) is 5.18. The zero-order valence-electron chi connectivity index (χ0n) is 5.18. The lowest BCUT2D eigenvalue weighted by Gasteiger charge is -1.97. The van der Waals surface area contributed by atoms with E-state index in [4.69, 9.17) is 0 Å². The molecule has 0 aliphatic rings. The quantitative estimate of drug-likeness (QED) is 0.504. The molecule has 45 valence electrons. The standard InChI is InChI=1S/C7H11O/c1-3-5-7(4-2)6-8/h3,7H,1,4-5H2,2H3. The predicted octanol–water partition coefficient (Wildman–Crippen LogP) is 1.70. The van der Waals surface area contributed by atoms with Gasteiger partial charge in [-0.15, -0.1) is 6.58 Å². The third-order valence-corrected chi connectivity index (χ3v) is 1.11. The Morgan fingerprint density at radius 3 is 2.62 bits per heavy atom. The molecule has 0 aromatic rings. The molecule has 0 bridgehead atoms. The molecule has 0 fully saturated rings. The van der Waals surface area contributed by atoms with Crippen LogP contribution in [0.15, 0.2) is 12.7 Å². The van der Waals surface area contributed by atoms with Gasteiger partial charge >= 0.3 is 0 Å². The van der Waals surface area contributed by atoms with Gasteiger partial charge in [-0.25, -0.2) is 0 Å². The zero-order chi connectivity index (χ0) is 6.41. The van der Waals surface area contributed by atoms with Gasteiger partial charge in [0.1, 0.15) is 0 Å². The summed E-state index contributed by atoms with van der Waals surface area (Å²) in [6.07, 6.45) is 5.31. The van der Waals surface area contributed by atoms with Crippen LogP contribution in [0.25, 0.3) is 0 Å². The van der Waals surface area contributed by atoms with Crippen molar-refractivity contribution in [3.05, 3.63) is 12.7 Å². The predicted molar refractivity (Wildman–Crippen MR) is 34.3 cm³/mol. The minimum atomic E-state index is 0.0764. The van der Waals surface area contributed by atoms with Crippen LogP contribution in [0.4, 0.5) is 0 Å².